The Kier molecular flexibility index (Phi) is 43.8. The number of carbonyl (C=O) groups is 2. The van der Waals surface area contributed by atoms with Gasteiger partial charge in [-0.05, 0) is 83.5 Å². The number of likely N-dealkylation sites (N-methyl/N-ethyl adjacent to an activating group) is 1. The lowest BCUT2D eigenvalue weighted by atomic mass is 10.1. The van der Waals surface area contributed by atoms with Crippen molar-refractivity contribution < 1.29 is 42.1 Å². The van der Waals surface area contributed by atoms with E-state index in [2.05, 4.69) is 86.8 Å². The summed E-state index contributed by atoms with van der Waals surface area (Å²) in [6, 6.07) is 0. The molecule has 1 unspecified atom stereocenters. The van der Waals surface area contributed by atoms with E-state index in [4.69, 9.17) is 18.5 Å². The van der Waals surface area contributed by atoms with Crippen LogP contribution in [0.25, 0.3) is 0 Å². The van der Waals surface area contributed by atoms with Crippen LogP contribution >= 0.6 is 7.82 Å². The van der Waals surface area contributed by atoms with Crippen LogP contribution in [-0.4, -0.2) is 74.9 Å². The highest BCUT2D eigenvalue weighted by molar-refractivity contribution is 7.47. The Morgan fingerprint density at radius 1 is 0.484 bits per heavy atom. The van der Waals surface area contributed by atoms with Crippen LogP contribution in [0, 0.1) is 0 Å². The highest BCUT2D eigenvalue weighted by Crippen LogP contribution is 2.43. The number of phosphoric ester groups is 1. The molecule has 0 aromatic heterocycles. The lowest BCUT2D eigenvalue weighted by Crippen LogP contribution is -2.37. The van der Waals surface area contributed by atoms with Crippen LogP contribution in [0.3, 0.4) is 0 Å². The van der Waals surface area contributed by atoms with Crippen molar-refractivity contribution in [3.05, 3.63) is 72.9 Å². The van der Waals surface area contributed by atoms with Crippen LogP contribution in [0.4, 0.5) is 0 Å². The first-order valence-corrected chi connectivity index (χ1v) is 27.2. The summed E-state index contributed by atoms with van der Waals surface area (Å²) < 4.78 is 34.4. The fourth-order valence-corrected chi connectivity index (χ4v) is 7.43. The molecule has 370 valence electrons. The number of hydrogen-bond donors (Lipinski definition) is 1. The molecule has 0 aromatic carbocycles. The van der Waals surface area contributed by atoms with Gasteiger partial charge in [0.15, 0.2) is 6.10 Å². The lowest BCUT2D eigenvalue weighted by Gasteiger charge is -2.24. The molecule has 64 heavy (non-hydrogen) atoms. The Morgan fingerprint density at radius 3 is 1.33 bits per heavy atom. The zero-order valence-electron chi connectivity index (χ0n) is 41.7. The van der Waals surface area contributed by atoms with E-state index >= 15 is 0 Å². The largest absolute Gasteiger partial charge is 0.472 e. The monoisotopic (exact) mass is 919 g/mol. The standard InChI is InChI=1S/C54H96NO8P/c1-6-8-10-12-14-16-18-20-22-24-26-27-29-31-33-35-37-39-41-43-45-47-54(57)63-52(51-62-64(58,59)61-49-48-55(3,4)5)50-60-53(56)46-44-42-40-38-36-34-32-30-28-25-23-21-19-17-15-13-11-9-7-2/h15,17,21-24,27,29,33,35,39,41,52H,6-14,16,18-20,25-26,28,30-32,34,36-38,40,42-51H2,1-5H3/p+1/b17-15+,23-21+,24-22+,29-27+,35-33+,41-39+/t52-/m1/s1. The molecule has 0 radical (unpaired) electrons. The second kappa shape index (κ2) is 45.6. The second-order valence-electron chi connectivity index (χ2n) is 18.2. The molecule has 0 bridgehead atoms. The molecular formula is C54H97NO8P+. The molecule has 1 N–H and O–H groups in total. The molecule has 2 atom stereocenters. The highest BCUT2D eigenvalue weighted by atomic mass is 31.2. The maximum Gasteiger partial charge on any atom is 0.472 e. The van der Waals surface area contributed by atoms with Crippen molar-refractivity contribution in [2.75, 3.05) is 47.5 Å². The first kappa shape index (κ1) is 61.5. The normalized spacial score (nSPS) is 14.0. The van der Waals surface area contributed by atoms with Crippen LogP contribution in [0.15, 0.2) is 72.9 Å². The van der Waals surface area contributed by atoms with Gasteiger partial charge in [-0.15, -0.1) is 0 Å². The van der Waals surface area contributed by atoms with Crippen molar-refractivity contribution in [3.8, 4) is 0 Å². The van der Waals surface area contributed by atoms with E-state index < -0.39 is 26.5 Å². The van der Waals surface area contributed by atoms with Gasteiger partial charge in [0.05, 0.1) is 27.7 Å². The third-order valence-electron chi connectivity index (χ3n) is 10.7. The predicted molar refractivity (Wildman–Crippen MR) is 270 cm³/mol. The number of ether oxygens (including phenoxy) is 2. The fourth-order valence-electron chi connectivity index (χ4n) is 6.68. The van der Waals surface area contributed by atoms with Crippen LogP contribution < -0.4 is 0 Å². The van der Waals surface area contributed by atoms with E-state index in [1.54, 1.807) is 0 Å². The fraction of sp³-hybridized carbons (Fsp3) is 0.741. The molecule has 0 aromatic rings. The third-order valence-corrected chi connectivity index (χ3v) is 11.7. The number of carbonyl (C=O) groups excluding carboxylic acids is 2. The lowest BCUT2D eigenvalue weighted by molar-refractivity contribution is -0.870. The molecule has 10 heteroatoms. The number of hydrogen-bond acceptors (Lipinski definition) is 7. The van der Waals surface area contributed by atoms with Gasteiger partial charge >= 0.3 is 19.8 Å². The summed E-state index contributed by atoms with van der Waals surface area (Å²) >= 11 is 0. The Balaban J connectivity index is 4.38. The summed E-state index contributed by atoms with van der Waals surface area (Å²) in [4.78, 5) is 35.5. The zero-order chi connectivity index (χ0) is 47.1. The summed E-state index contributed by atoms with van der Waals surface area (Å²) in [5, 5.41) is 0. The first-order valence-electron chi connectivity index (χ1n) is 25.7. The molecule has 0 rings (SSSR count). The smallest absolute Gasteiger partial charge is 0.462 e. The van der Waals surface area contributed by atoms with E-state index in [9.17, 15) is 19.0 Å². The average molecular weight is 919 g/mol. The Morgan fingerprint density at radius 2 is 0.859 bits per heavy atom. The minimum absolute atomic E-state index is 0.0178. The van der Waals surface area contributed by atoms with E-state index in [0.29, 0.717) is 23.9 Å². The van der Waals surface area contributed by atoms with Gasteiger partial charge in [-0.1, -0.05) is 183 Å². The van der Waals surface area contributed by atoms with Crippen LogP contribution in [-0.2, 0) is 32.7 Å². The number of phosphoric acid groups is 1. The summed E-state index contributed by atoms with van der Waals surface area (Å²) in [5.41, 5.74) is 0. The Bertz CT molecular complexity index is 1310. The molecule has 0 saturated carbocycles. The van der Waals surface area contributed by atoms with Crippen LogP contribution in [0.5, 0.6) is 0 Å². The average Bonchev–Trinajstić information content (AvgIpc) is 3.25. The maximum absolute atomic E-state index is 12.7. The molecular weight excluding hydrogens is 822 g/mol. The Labute approximate surface area is 393 Å². The molecule has 0 saturated heterocycles. The number of rotatable bonds is 46. The quantitative estimate of drug-likeness (QED) is 0.0211. The minimum atomic E-state index is -4.40. The number of esters is 2. The van der Waals surface area contributed by atoms with E-state index in [1.807, 2.05) is 21.1 Å². The van der Waals surface area contributed by atoms with Gasteiger partial charge in [0.1, 0.15) is 19.8 Å². The van der Waals surface area contributed by atoms with Gasteiger partial charge in [0.25, 0.3) is 0 Å². The summed E-state index contributed by atoms with van der Waals surface area (Å²) in [6.45, 7) is 4.33. The predicted octanol–water partition coefficient (Wildman–Crippen LogP) is 15.4. The molecule has 0 aliphatic heterocycles. The van der Waals surface area contributed by atoms with Gasteiger partial charge in [0, 0.05) is 12.8 Å². The maximum atomic E-state index is 12.7. The molecule has 0 fully saturated rings. The molecule has 0 spiro atoms. The van der Waals surface area contributed by atoms with Gasteiger partial charge in [0.2, 0.25) is 0 Å². The third kappa shape index (κ3) is 48.9. The number of quaternary nitrogens is 1. The van der Waals surface area contributed by atoms with E-state index in [-0.39, 0.29) is 32.0 Å². The second-order valence-corrected chi connectivity index (χ2v) is 19.6. The SMILES string of the molecule is CCCCC/C=C/C/C=C/CCCCCCCCCCCC(=O)OC[C@H](COP(=O)(O)OCC[N+](C)(C)C)OC(=O)CCC/C=C/C/C=C/C/C=C/C/C=C/CCCCCCCCC. The van der Waals surface area contributed by atoms with Crippen molar-refractivity contribution in [3.63, 3.8) is 0 Å². The number of unbranched alkanes of at least 4 members (excludes halogenated alkanes) is 20. The van der Waals surface area contributed by atoms with Crippen molar-refractivity contribution in [2.45, 2.75) is 213 Å². The van der Waals surface area contributed by atoms with Gasteiger partial charge in [-0.2, -0.15) is 0 Å². The van der Waals surface area contributed by atoms with Gasteiger partial charge in [-0.25, -0.2) is 4.57 Å². The van der Waals surface area contributed by atoms with Crippen molar-refractivity contribution >= 4 is 19.8 Å². The molecule has 0 aliphatic rings. The van der Waals surface area contributed by atoms with Crippen molar-refractivity contribution in [2.24, 2.45) is 0 Å². The molecule has 0 heterocycles. The first-order chi connectivity index (χ1) is 31.0. The van der Waals surface area contributed by atoms with Crippen LogP contribution in [0.1, 0.15) is 206 Å². The summed E-state index contributed by atoms with van der Waals surface area (Å²) in [6.07, 6.45) is 58.2. The highest BCUT2D eigenvalue weighted by Gasteiger charge is 2.27. The summed E-state index contributed by atoms with van der Waals surface area (Å²) in [7, 11) is 1.43. The van der Waals surface area contributed by atoms with Crippen molar-refractivity contribution in [1.29, 1.82) is 0 Å². The zero-order valence-corrected chi connectivity index (χ0v) is 42.6. The molecule has 9 nitrogen and oxygen atoms in total. The topological polar surface area (TPSA) is 108 Å². The van der Waals surface area contributed by atoms with Crippen molar-refractivity contribution in [1.82, 2.24) is 0 Å². The number of nitrogens with zero attached hydrogens (tertiary/aromatic N) is 1. The van der Waals surface area contributed by atoms with E-state index in [1.165, 1.54) is 109 Å². The number of allylic oxidation sites excluding steroid dienone is 12. The van der Waals surface area contributed by atoms with Gasteiger partial charge in [-0.3, -0.25) is 18.6 Å². The Hall–Kier alpha value is -2.55. The molecule has 0 amide bonds. The van der Waals surface area contributed by atoms with E-state index in [0.717, 1.165) is 57.8 Å². The van der Waals surface area contributed by atoms with Crippen LogP contribution in [0.2, 0.25) is 0 Å². The molecule has 0 aliphatic carbocycles. The minimum Gasteiger partial charge on any atom is -0.462 e. The summed E-state index contributed by atoms with van der Waals surface area (Å²) in [5.74, 6) is -0.870. The van der Waals surface area contributed by atoms with Gasteiger partial charge < -0.3 is 18.9 Å².